The Morgan fingerprint density at radius 1 is 1.30 bits per heavy atom. The topological polar surface area (TPSA) is 61.4 Å². The van der Waals surface area contributed by atoms with E-state index in [2.05, 4.69) is 10.6 Å². The molecule has 3 amide bonds. The molecule has 2 N–H and O–H groups in total. The molecule has 5 nitrogen and oxygen atoms in total. The number of benzene rings is 1. The van der Waals surface area contributed by atoms with Crippen LogP contribution in [0.15, 0.2) is 24.3 Å². The van der Waals surface area contributed by atoms with Crippen molar-refractivity contribution >= 4 is 29.2 Å². The molecule has 1 aromatic rings. The summed E-state index contributed by atoms with van der Waals surface area (Å²) in [6.45, 7) is 5.95. The zero-order chi connectivity index (χ0) is 15.1. The lowest BCUT2D eigenvalue weighted by Crippen LogP contribution is -2.43. The Bertz CT molecular complexity index is 477. The monoisotopic (exact) mass is 297 g/mol. The number of rotatable bonds is 5. The van der Waals surface area contributed by atoms with E-state index in [9.17, 15) is 9.59 Å². The van der Waals surface area contributed by atoms with Crippen LogP contribution < -0.4 is 15.5 Å². The van der Waals surface area contributed by atoms with E-state index in [1.807, 2.05) is 19.9 Å². The third-order valence-corrected chi connectivity index (χ3v) is 2.88. The number of anilines is 1. The van der Waals surface area contributed by atoms with Gasteiger partial charge < -0.3 is 15.5 Å². The number of hydrogen-bond donors (Lipinski definition) is 2. The largest absolute Gasteiger partial charge is 0.336 e. The van der Waals surface area contributed by atoms with Gasteiger partial charge in [-0.15, -0.1) is 0 Å². The van der Waals surface area contributed by atoms with Gasteiger partial charge in [0.1, 0.15) is 0 Å². The molecule has 0 aromatic heterocycles. The summed E-state index contributed by atoms with van der Waals surface area (Å²) in [5, 5.41) is 5.93. The second kappa shape index (κ2) is 7.75. The average molecular weight is 298 g/mol. The molecule has 0 aliphatic carbocycles. The molecule has 0 fully saturated rings. The van der Waals surface area contributed by atoms with Gasteiger partial charge >= 0.3 is 6.03 Å². The van der Waals surface area contributed by atoms with Gasteiger partial charge in [0, 0.05) is 26.1 Å². The van der Waals surface area contributed by atoms with E-state index in [1.54, 1.807) is 18.2 Å². The summed E-state index contributed by atoms with van der Waals surface area (Å²) in [4.78, 5) is 24.7. The summed E-state index contributed by atoms with van der Waals surface area (Å²) in [7, 11) is 0. The van der Waals surface area contributed by atoms with Gasteiger partial charge in [-0.1, -0.05) is 23.7 Å². The molecule has 1 rings (SSSR count). The Morgan fingerprint density at radius 2 is 1.95 bits per heavy atom. The summed E-state index contributed by atoms with van der Waals surface area (Å²) >= 11 is 6.08. The number of hydrogen-bond acceptors (Lipinski definition) is 2. The SMILES string of the molecule is CC(=O)N(CCNC(=O)NC(C)C)c1ccccc1Cl. The molecule has 6 heteroatoms. The second-order valence-corrected chi connectivity index (χ2v) is 5.08. The molecule has 0 radical (unpaired) electrons. The van der Waals surface area contributed by atoms with Gasteiger partial charge in [-0.2, -0.15) is 0 Å². The normalized spacial score (nSPS) is 10.2. The molecule has 0 saturated heterocycles. The second-order valence-electron chi connectivity index (χ2n) is 4.68. The van der Waals surface area contributed by atoms with Gasteiger partial charge in [0.2, 0.25) is 5.91 Å². The summed E-state index contributed by atoms with van der Waals surface area (Å²) in [5.41, 5.74) is 0.646. The van der Waals surface area contributed by atoms with Crippen LogP contribution in [-0.2, 0) is 4.79 Å². The minimum atomic E-state index is -0.248. The van der Waals surface area contributed by atoms with Crippen molar-refractivity contribution in [3.63, 3.8) is 0 Å². The maximum absolute atomic E-state index is 11.7. The highest BCUT2D eigenvalue weighted by molar-refractivity contribution is 6.33. The van der Waals surface area contributed by atoms with Crippen molar-refractivity contribution in [1.29, 1.82) is 0 Å². The van der Waals surface area contributed by atoms with E-state index >= 15 is 0 Å². The first-order valence-electron chi connectivity index (χ1n) is 6.48. The summed E-state index contributed by atoms with van der Waals surface area (Å²) in [6, 6.07) is 6.95. The Labute approximate surface area is 124 Å². The van der Waals surface area contributed by atoms with E-state index < -0.39 is 0 Å². The number of nitrogens with one attached hydrogen (secondary N) is 2. The molecule has 0 saturated carbocycles. The molecule has 0 aliphatic heterocycles. The molecule has 0 bridgehead atoms. The van der Waals surface area contributed by atoms with Gasteiger partial charge in [0.05, 0.1) is 10.7 Å². The molecule has 0 atom stereocenters. The van der Waals surface area contributed by atoms with Crippen LogP contribution in [0.25, 0.3) is 0 Å². The fourth-order valence-electron chi connectivity index (χ4n) is 1.71. The van der Waals surface area contributed by atoms with E-state index in [0.717, 1.165) is 0 Å². The van der Waals surface area contributed by atoms with Crippen molar-refractivity contribution < 1.29 is 9.59 Å². The standard InChI is InChI=1S/C14H20ClN3O2/c1-10(2)17-14(20)16-8-9-18(11(3)19)13-7-5-4-6-12(13)15/h4-7,10H,8-9H2,1-3H3,(H2,16,17,20). The third kappa shape index (κ3) is 5.09. The predicted molar refractivity (Wildman–Crippen MR) is 81.1 cm³/mol. The first-order valence-corrected chi connectivity index (χ1v) is 6.86. The van der Waals surface area contributed by atoms with Crippen molar-refractivity contribution in [3.8, 4) is 0 Å². The van der Waals surface area contributed by atoms with Crippen LogP contribution in [0.4, 0.5) is 10.5 Å². The van der Waals surface area contributed by atoms with Gasteiger partial charge in [0.25, 0.3) is 0 Å². The Hall–Kier alpha value is -1.75. The van der Waals surface area contributed by atoms with E-state index in [0.29, 0.717) is 23.8 Å². The predicted octanol–water partition coefficient (Wildman–Crippen LogP) is 2.40. The molecule has 0 aliphatic rings. The zero-order valence-electron chi connectivity index (χ0n) is 11.9. The number of halogens is 1. The van der Waals surface area contributed by atoms with Gasteiger partial charge in [-0.25, -0.2) is 4.79 Å². The van der Waals surface area contributed by atoms with Crippen molar-refractivity contribution in [2.24, 2.45) is 0 Å². The van der Waals surface area contributed by atoms with Crippen LogP contribution in [0.1, 0.15) is 20.8 Å². The fourth-order valence-corrected chi connectivity index (χ4v) is 1.95. The van der Waals surface area contributed by atoms with Crippen LogP contribution in [-0.4, -0.2) is 31.1 Å². The van der Waals surface area contributed by atoms with Crippen LogP contribution in [0.3, 0.4) is 0 Å². The first-order chi connectivity index (χ1) is 9.41. The maximum atomic E-state index is 11.7. The molecule has 0 spiro atoms. The van der Waals surface area contributed by atoms with Gasteiger partial charge in [0.15, 0.2) is 0 Å². The highest BCUT2D eigenvalue weighted by Crippen LogP contribution is 2.24. The fraction of sp³-hybridized carbons (Fsp3) is 0.429. The van der Waals surface area contributed by atoms with Gasteiger partial charge in [-0.3, -0.25) is 4.79 Å². The summed E-state index contributed by atoms with van der Waals surface area (Å²) < 4.78 is 0. The quantitative estimate of drug-likeness (QED) is 0.876. The lowest BCUT2D eigenvalue weighted by atomic mass is 10.3. The first kappa shape index (κ1) is 16.3. The number of urea groups is 1. The molecular weight excluding hydrogens is 278 g/mol. The molecule has 0 heterocycles. The van der Waals surface area contributed by atoms with Crippen molar-refractivity contribution in [1.82, 2.24) is 10.6 Å². The Balaban J connectivity index is 2.60. The van der Waals surface area contributed by atoms with E-state index in [-0.39, 0.29) is 18.0 Å². The summed E-state index contributed by atoms with van der Waals surface area (Å²) in [5.74, 6) is -0.121. The lowest BCUT2D eigenvalue weighted by Gasteiger charge is -2.22. The number of carbonyl (C=O) groups is 2. The number of amides is 3. The zero-order valence-corrected chi connectivity index (χ0v) is 12.7. The minimum Gasteiger partial charge on any atom is -0.336 e. The maximum Gasteiger partial charge on any atom is 0.315 e. The van der Waals surface area contributed by atoms with Crippen molar-refractivity contribution in [2.45, 2.75) is 26.8 Å². The van der Waals surface area contributed by atoms with Crippen LogP contribution in [0.5, 0.6) is 0 Å². The van der Waals surface area contributed by atoms with E-state index in [1.165, 1.54) is 11.8 Å². The number of para-hydroxylation sites is 1. The highest BCUT2D eigenvalue weighted by atomic mass is 35.5. The number of nitrogens with zero attached hydrogens (tertiary/aromatic N) is 1. The van der Waals surface area contributed by atoms with Gasteiger partial charge in [-0.05, 0) is 26.0 Å². The van der Waals surface area contributed by atoms with Crippen LogP contribution >= 0.6 is 11.6 Å². The molecule has 110 valence electrons. The van der Waals surface area contributed by atoms with Crippen LogP contribution in [0.2, 0.25) is 5.02 Å². The molecule has 1 aromatic carbocycles. The minimum absolute atomic E-state index is 0.0717. The molecule has 20 heavy (non-hydrogen) atoms. The molecule has 0 unspecified atom stereocenters. The van der Waals surface area contributed by atoms with Crippen LogP contribution in [0, 0.1) is 0 Å². The third-order valence-electron chi connectivity index (χ3n) is 2.56. The van der Waals surface area contributed by atoms with Crippen molar-refractivity contribution in [3.05, 3.63) is 29.3 Å². The average Bonchev–Trinajstić information content (AvgIpc) is 2.34. The number of carbonyl (C=O) groups excluding carboxylic acids is 2. The van der Waals surface area contributed by atoms with E-state index in [4.69, 9.17) is 11.6 Å². The Kier molecular flexibility index (Phi) is 6.31. The lowest BCUT2D eigenvalue weighted by molar-refractivity contribution is -0.116. The Morgan fingerprint density at radius 3 is 2.50 bits per heavy atom. The summed E-state index contributed by atoms with van der Waals surface area (Å²) in [6.07, 6.45) is 0. The molecular formula is C14H20ClN3O2. The highest BCUT2D eigenvalue weighted by Gasteiger charge is 2.14. The van der Waals surface area contributed by atoms with Crippen molar-refractivity contribution in [2.75, 3.05) is 18.0 Å². The smallest absolute Gasteiger partial charge is 0.315 e.